The van der Waals surface area contributed by atoms with E-state index in [-0.39, 0.29) is 47.0 Å². The number of nitrogens with zero attached hydrogens (tertiary/aromatic N) is 6. The number of amides is 4. The predicted molar refractivity (Wildman–Crippen MR) is 413 cm³/mol. The van der Waals surface area contributed by atoms with Crippen LogP contribution in [0, 0.1) is 37.1 Å². The smallest absolute Gasteiger partial charge is 0.400 e. The van der Waals surface area contributed by atoms with Crippen LogP contribution in [0.5, 0.6) is 0 Å². The molecular weight excluding hydrogens is 1470 g/mol. The Morgan fingerprint density at radius 1 is 0.542 bits per heavy atom. The molecule has 2 aliphatic heterocycles. The lowest BCUT2D eigenvalue weighted by Gasteiger charge is -2.36. The molecule has 0 saturated heterocycles. The molecule has 0 spiro atoms. The highest BCUT2D eigenvalue weighted by Crippen LogP contribution is 2.49. The summed E-state index contributed by atoms with van der Waals surface area (Å²) in [5.41, 5.74) is 7.59. The molecule has 10 rings (SSSR count). The Hall–Kier alpha value is -7.57. The minimum atomic E-state index is -4.45. The molecule has 5 N–H and O–H groups in total. The van der Waals surface area contributed by atoms with E-state index in [9.17, 15) is 35.9 Å². The van der Waals surface area contributed by atoms with Crippen LogP contribution in [0.2, 0.25) is 44.3 Å². The zero-order chi connectivity index (χ0) is 80.0. The summed E-state index contributed by atoms with van der Waals surface area (Å²) in [6.45, 7) is 39.2. The first-order chi connectivity index (χ1) is 49.7. The molecule has 2 aliphatic rings. The number of halogens is 12. The van der Waals surface area contributed by atoms with Gasteiger partial charge < -0.3 is 30.8 Å². The van der Waals surface area contributed by atoms with E-state index in [1.165, 1.54) is 12.1 Å². The van der Waals surface area contributed by atoms with Crippen LogP contribution >= 0.6 is 23.2 Å². The lowest BCUT2D eigenvalue weighted by molar-refractivity contribution is -0.138. The van der Waals surface area contributed by atoms with Gasteiger partial charge in [0.1, 0.15) is 36.7 Å². The molecule has 14 nitrogen and oxygen atoms in total. The van der Waals surface area contributed by atoms with Crippen molar-refractivity contribution in [1.29, 1.82) is 0 Å². The molecule has 0 radical (unpaired) electrons. The van der Waals surface area contributed by atoms with E-state index in [1.807, 2.05) is 105 Å². The molecule has 6 aromatic carbocycles. The quantitative estimate of drug-likeness (QED) is 0.0246. The highest BCUT2D eigenvalue weighted by Gasteiger charge is 2.46. The van der Waals surface area contributed by atoms with Crippen LogP contribution < -0.4 is 21.3 Å². The van der Waals surface area contributed by atoms with Gasteiger partial charge in [0.05, 0.1) is 73.1 Å². The van der Waals surface area contributed by atoms with Crippen LogP contribution in [0.4, 0.5) is 64.9 Å². The second-order valence-corrected chi connectivity index (χ2v) is 42.4. The number of alkyl halides is 8. The van der Waals surface area contributed by atoms with Crippen molar-refractivity contribution < 1.29 is 63.0 Å². The molecule has 0 saturated carbocycles. The van der Waals surface area contributed by atoms with Crippen molar-refractivity contribution in [3.63, 3.8) is 0 Å². The summed E-state index contributed by atoms with van der Waals surface area (Å²) in [4.78, 5) is 28.8. The Kier molecular flexibility index (Phi) is 28.0. The average molecular weight is 1570 g/mol. The van der Waals surface area contributed by atoms with Crippen LogP contribution in [0.3, 0.4) is 0 Å². The SMILES string of the molecule is CCc1cccc(CC)c1-n1nc2c(c1-c1cc(F)c(NC(=O)NCO)cc1F)CN(Cc1ccc(C(F)(F)F)cc1C)C2(C)C.CCc1cccc(CC)c1-n1nc2c(c1-c1cc(F)c(NC(=O)NCO[Si](C)(C)C(C)(C)C)cc1F)CN(Cc1ccc(C(F)(F)F)cc1C)C2(C)C.C[Si](C)(C)C.ClCCl. The molecular formula is C79H100Cl2F10N10O4Si2. The second kappa shape index (κ2) is 34.6. The summed E-state index contributed by atoms with van der Waals surface area (Å²) < 4.78 is 154. The number of nitrogens with one attached hydrogen (secondary N) is 4. The summed E-state index contributed by atoms with van der Waals surface area (Å²) in [6.07, 6.45) is -6.24. The number of anilines is 2. The van der Waals surface area contributed by atoms with Crippen LogP contribution in [-0.2, 0) is 79.7 Å². The van der Waals surface area contributed by atoms with E-state index in [0.717, 1.165) is 87.7 Å². The van der Waals surface area contributed by atoms with Crippen molar-refractivity contribution >= 4 is 63.0 Å². The maximum atomic E-state index is 16.4. The molecule has 0 fully saturated rings. The van der Waals surface area contributed by atoms with E-state index in [4.69, 9.17) is 42.9 Å². The lowest BCUT2D eigenvalue weighted by Crippen LogP contribution is -2.44. The van der Waals surface area contributed by atoms with E-state index in [2.05, 4.69) is 78.0 Å². The number of rotatable bonds is 18. The molecule has 8 aromatic rings. The molecule has 107 heavy (non-hydrogen) atoms. The number of benzene rings is 6. The Bertz CT molecular complexity index is 4460. The fourth-order valence-electron chi connectivity index (χ4n) is 12.7. The van der Waals surface area contributed by atoms with Gasteiger partial charge in [0.15, 0.2) is 8.32 Å². The maximum Gasteiger partial charge on any atom is 0.416 e. The Balaban J connectivity index is 0.000000273. The predicted octanol–water partition coefficient (Wildman–Crippen LogP) is 21.6. The van der Waals surface area contributed by atoms with Crippen molar-refractivity contribution in [2.45, 2.75) is 210 Å². The lowest BCUT2D eigenvalue weighted by atomic mass is 9.97. The van der Waals surface area contributed by atoms with Crippen molar-refractivity contribution in [3.05, 3.63) is 198 Å². The number of aliphatic hydroxyl groups excluding tert-OH is 1. The zero-order valence-corrected chi connectivity index (χ0v) is 67.9. The number of aliphatic hydroxyl groups is 1. The summed E-state index contributed by atoms with van der Waals surface area (Å²) in [5.74, 6) is -3.28. The summed E-state index contributed by atoms with van der Waals surface area (Å²) >= 11 is 9.53. The molecule has 4 heterocycles. The summed E-state index contributed by atoms with van der Waals surface area (Å²) in [7, 11) is -2.77. The number of fused-ring (bicyclic) bond motifs is 2. The first-order valence-corrected chi connectivity index (χ1v) is 43.5. The van der Waals surface area contributed by atoms with E-state index in [0.29, 0.717) is 89.4 Å². The van der Waals surface area contributed by atoms with Crippen molar-refractivity contribution in [2.24, 2.45) is 0 Å². The molecule has 0 unspecified atom stereocenters. The van der Waals surface area contributed by atoms with E-state index in [1.54, 1.807) is 23.2 Å². The topological polar surface area (TPSA) is 154 Å². The number of aryl methyl sites for hydroxylation is 6. The van der Waals surface area contributed by atoms with Crippen LogP contribution in [-0.4, -0.2) is 81.7 Å². The molecule has 2 aromatic heterocycles. The fourth-order valence-corrected chi connectivity index (χ4v) is 13.5. The molecule has 28 heteroatoms. The average Bonchev–Trinajstić information content (AvgIpc) is 1.57. The third-order valence-electron chi connectivity index (χ3n) is 19.7. The van der Waals surface area contributed by atoms with Gasteiger partial charge in [-0.25, -0.2) is 36.5 Å². The van der Waals surface area contributed by atoms with Gasteiger partial charge in [0, 0.05) is 68.6 Å². The Morgan fingerprint density at radius 2 is 0.879 bits per heavy atom. The fraction of sp³-hybridized carbons (Fsp3) is 0.443. The summed E-state index contributed by atoms with van der Waals surface area (Å²) in [5, 5.41) is 28.5. The molecule has 0 atom stereocenters. The minimum Gasteiger partial charge on any atom is -0.400 e. The van der Waals surface area contributed by atoms with Crippen molar-refractivity contribution in [1.82, 2.24) is 40.0 Å². The first kappa shape index (κ1) is 86.7. The van der Waals surface area contributed by atoms with E-state index >= 15 is 17.6 Å². The van der Waals surface area contributed by atoms with Gasteiger partial charge in [-0.05, 0) is 166 Å². The monoisotopic (exact) mass is 1570 g/mol. The number of aromatic nitrogens is 4. The Morgan fingerprint density at radius 3 is 1.18 bits per heavy atom. The highest BCUT2D eigenvalue weighted by molar-refractivity contribution is 6.74. The number of hydrogen-bond acceptors (Lipinski definition) is 8. The third kappa shape index (κ3) is 20.1. The van der Waals surface area contributed by atoms with Gasteiger partial charge in [-0.1, -0.05) is 123 Å². The molecule has 0 bridgehead atoms. The molecule has 0 aliphatic carbocycles. The largest absolute Gasteiger partial charge is 0.416 e. The first-order valence-electron chi connectivity index (χ1n) is 35.5. The zero-order valence-electron chi connectivity index (χ0n) is 64.4. The van der Waals surface area contributed by atoms with Gasteiger partial charge in [-0.3, -0.25) is 9.80 Å². The standard InChI is InChI=1S/C40H50F5N5O2Si.C34H36F5N5O2.C4H12Si.CH2Cl2/c1-11-25-14-13-15-26(12-2)34(25)50-35(29-19-32(42)33(20-31(29)41)47-37(51)46-23-52-53(9,10)38(4,5)6)30-22-49(39(7,8)36(30)48-50)21-27-16-17-28(18-24(27)3)40(43,44)45;1-6-20-9-8-10-21(7-2)29(20)44-30(24-14-27(36)28(15-26(24)35)41-32(46)40-18-45)25-17-43(33(4,5)31(25)42-44)16-22-11-12-23(13-19(22)3)34(37,38)39;1-5(2,3)4;2-1-3/h13-20H,11-12,21-23H2,1-10H3,(H2,46,47,51);8-15,45H,6-7,16-18H2,1-5H3,(H2,40,41,46);1-4H3;1H2. The molecule has 4 amide bonds. The van der Waals surface area contributed by atoms with Crippen molar-refractivity contribution in [3.8, 4) is 33.9 Å². The third-order valence-corrected chi connectivity index (χ3v) is 24.1. The van der Waals surface area contributed by atoms with Crippen molar-refractivity contribution in [2.75, 3.05) is 29.4 Å². The van der Waals surface area contributed by atoms with Crippen LogP contribution in [0.1, 0.15) is 154 Å². The minimum absolute atomic E-state index is 0.0280. The normalized spacial score (nSPS) is 14.2. The number of hydrogen-bond donors (Lipinski definition) is 5. The van der Waals surface area contributed by atoms with Gasteiger partial charge in [-0.15, -0.1) is 23.2 Å². The number of urea groups is 2. The van der Waals surface area contributed by atoms with Gasteiger partial charge >= 0.3 is 24.4 Å². The van der Waals surface area contributed by atoms with Gasteiger partial charge in [0.2, 0.25) is 0 Å². The Labute approximate surface area is 634 Å². The second-order valence-electron chi connectivity index (χ2n) is 30.7. The number of carbonyl (C=O) groups excluding carboxylic acids is 2. The number of carbonyl (C=O) groups is 2. The summed E-state index contributed by atoms with van der Waals surface area (Å²) in [6, 6.07) is 21.6. The van der Waals surface area contributed by atoms with Crippen LogP contribution in [0.15, 0.2) is 97.1 Å². The maximum absolute atomic E-state index is 16.4. The van der Waals surface area contributed by atoms with Crippen LogP contribution in [0.25, 0.3) is 33.9 Å². The van der Waals surface area contributed by atoms with E-state index < -0.39 is 98.7 Å². The molecule has 582 valence electrons. The number of para-hydroxylation sites is 2. The highest BCUT2D eigenvalue weighted by atomic mass is 35.5. The van der Waals surface area contributed by atoms with Gasteiger partial charge in [0.25, 0.3) is 0 Å². The van der Waals surface area contributed by atoms with Gasteiger partial charge in [-0.2, -0.15) is 36.5 Å².